The Morgan fingerprint density at radius 2 is 1.14 bits per heavy atom. The summed E-state index contributed by atoms with van der Waals surface area (Å²) in [7, 11) is 4.43. The van der Waals surface area contributed by atoms with Crippen LogP contribution < -0.4 is 35.9 Å². The van der Waals surface area contributed by atoms with Gasteiger partial charge in [0, 0.05) is 100 Å². The summed E-state index contributed by atoms with van der Waals surface area (Å²) in [6, 6.07) is 26.7. The van der Waals surface area contributed by atoms with Gasteiger partial charge in [0.1, 0.15) is 23.3 Å². The molecule has 2 aromatic heterocycles. The molecule has 1 unspecified atom stereocenters. The van der Waals surface area contributed by atoms with Gasteiger partial charge in [-0.1, -0.05) is 64.1 Å². The minimum Gasteiger partial charge on any atom is -0.481 e. The number of aromatic nitrogens is 3. The van der Waals surface area contributed by atoms with Crippen molar-refractivity contribution in [2.24, 2.45) is 5.73 Å². The highest BCUT2D eigenvalue weighted by Crippen LogP contribution is 2.45. The Morgan fingerprint density at radius 1 is 0.571 bits per heavy atom. The summed E-state index contributed by atoms with van der Waals surface area (Å²) in [6.45, 7) is 12.0. The maximum Gasteiger partial charge on any atom is 0.337 e. The molecule has 2 amide bonds. The van der Waals surface area contributed by atoms with E-state index in [9.17, 15) is 15.0 Å². The number of pyridine rings is 1. The predicted octanol–water partition coefficient (Wildman–Crippen LogP) is 14.0. The number of ether oxygens (including phenoxy) is 3. The van der Waals surface area contributed by atoms with Crippen molar-refractivity contribution in [3.05, 3.63) is 212 Å². The Hall–Kier alpha value is -9.77. The number of hydrogen-bond donors (Lipinski definition) is 6. The number of nitrogens with two attached hydrogens (primary N) is 1. The highest BCUT2D eigenvalue weighted by molar-refractivity contribution is 6.11. The van der Waals surface area contributed by atoms with Crippen molar-refractivity contribution in [3.63, 3.8) is 0 Å². The molecule has 0 aliphatic carbocycles. The van der Waals surface area contributed by atoms with Gasteiger partial charge >= 0.3 is 17.9 Å². The van der Waals surface area contributed by atoms with E-state index in [2.05, 4.69) is 30.9 Å². The number of carboxylic acids is 2. The van der Waals surface area contributed by atoms with E-state index in [1.54, 1.807) is 48.2 Å². The molecular formula is C76H87F4N9O9. The fourth-order valence-corrected chi connectivity index (χ4v) is 12.8. The van der Waals surface area contributed by atoms with Gasteiger partial charge in [-0.05, 0) is 175 Å². The summed E-state index contributed by atoms with van der Waals surface area (Å²) < 4.78 is 77.5. The van der Waals surface area contributed by atoms with Crippen LogP contribution in [0.25, 0.3) is 22.3 Å². The number of benzene rings is 6. The van der Waals surface area contributed by atoms with Gasteiger partial charge in [0.15, 0.2) is 0 Å². The third-order valence-electron chi connectivity index (χ3n) is 17.2. The Bertz CT molecular complexity index is 4070. The van der Waals surface area contributed by atoms with E-state index in [1.807, 2.05) is 82.3 Å². The summed E-state index contributed by atoms with van der Waals surface area (Å²) in [5, 5.41) is 34.2. The first-order valence-corrected chi connectivity index (χ1v) is 33.0. The molecule has 18 nitrogen and oxygen atoms in total. The van der Waals surface area contributed by atoms with E-state index < -0.39 is 64.9 Å². The fourth-order valence-electron chi connectivity index (χ4n) is 12.8. The Morgan fingerprint density at radius 3 is 1.69 bits per heavy atom. The van der Waals surface area contributed by atoms with Crippen molar-refractivity contribution in [3.8, 4) is 40.0 Å². The molecule has 0 aliphatic rings. The van der Waals surface area contributed by atoms with Gasteiger partial charge in [-0.2, -0.15) is 4.98 Å². The van der Waals surface area contributed by atoms with Crippen molar-refractivity contribution in [2.75, 3.05) is 65.9 Å². The Labute approximate surface area is 570 Å². The normalized spacial score (nSPS) is 12.2. The molecule has 0 spiro atoms. The second kappa shape index (κ2) is 34.9. The lowest BCUT2D eigenvalue weighted by Gasteiger charge is -2.35. The molecule has 518 valence electrons. The first-order valence-electron chi connectivity index (χ1n) is 33.0. The maximum atomic E-state index is 16.5. The van der Waals surface area contributed by atoms with Crippen LogP contribution in [0.3, 0.4) is 0 Å². The number of methoxy groups -OCH3 is 3. The minimum atomic E-state index is -1.50. The van der Waals surface area contributed by atoms with Crippen LogP contribution in [-0.4, -0.2) is 125 Å². The smallest absolute Gasteiger partial charge is 0.337 e. The lowest BCUT2D eigenvalue weighted by atomic mass is 9.75. The maximum absolute atomic E-state index is 16.5. The molecule has 6 aromatic carbocycles. The van der Waals surface area contributed by atoms with E-state index in [0.717, 1.165) is 46.5 Å². The fraction of sp³-hybridized carbons (Fsp3) is 0.355. The number of aromatic carboxylic acids is 2. The molecule has 8 aromatic rings. The molecular weight excluding hydrogens is 1260 g/mol. The number of halogens is 4. The topological polar surface area (TPSA) is 244 Å². The summed E-state index contributed by atoms with van der Waals surface area (Å²) in [5.74, 6) is -9.03. The van der Waals surface area contributed by atoms with Crippen LogP contribution in [0.1, 0.15) is 158 Å². The van der Waals surface area contributed by atoms with E-state index in [4.69, 9.17) is 19.9 Å². The Balaban J connectivity index is 1.45. The van der Waals surface area contributed by atoms with Gasteiger partial charge in [-0.15, -0.1) is 0 Å². The van der Waals surface area contributed by atoms with Crippen molar-refractivity contribution >= 4 is 35.1 Å². The average molecular weight is 1350 g/mol. The van der Waals surface area contributed by atoms with Gasteiger partial charge in [-0.25, -0.2) is 37.1 Å². The van der Waals surface area contributed by atoms with Crippen molar-refractivity contribution in [1.82, 2.24) is 35.4 Å². The quantitative estimate of drug-likeness (QED) is 0.0202. The number of nitrogens with one attached hydrogen (secondary N) is 3. The highest BCUT2D eigenvalue weighted by atomic mass is 19.1. The van der Waals surface area contributed by atoms with Crippen molar-refractivity contribution in [1.29, 1.82) is 0 Å². The van der Waals surface area contributed by atoms with Crippen LogP contribution in [0, 0.1) is 37.1 Å². The minimum absolute atomic E-state index is 0.0328. The molecule has 0 saturated heterocycles. The standard InChI is InChI=1S/C76H87F4N9O9/c1-10-24-88(25-11-2)72(90)59-28-45(5)29-60(74(92)93)70(59)86-69-46(6)65(62(63(81)36-50-34-57(79)38-58(80)35-50)43-83-40-48-16-14-18-51(30-48)53-22-23-64(96-7)84-42-53)67(75(94)95)66(68(69)73(91)89(26-12-3)27-13-4)54(21-20-47-32-55(77)37-56(78)33-47)41-82-39-49-17-15-19-52(31-49)61-44-85-76(98-9)87-71(61)97-8/h14-19,22-23,28-35,37-38,42,44,54,62-63,82-83,86H,10-13,20-21,24-27,36,39-41,43,81H2,1-9H3,(H,92,93)(H,94,95)/t54-,62?,63-/m0/s1. The number of hydrogen-bond acceptors (Lipinski definition) is 14. The molecule has 3 atom stereocenters. The molecule has 0 saturated carbocycles. The molecule has 8 rings (SSSR count). The predicted molar refractivity (Wildman–Crippen MR) is 371 cm³/mol. The first-order chi connectivity index (χ1) is 47.1. The number of carbonyl (C=O) groups is 4. The number of rotatable bonds is 35. The SMILES string of the molecule is CCCN(CCC)C(=O)c1cc(C)cc(C(=O)O)c1Nc1c(C)c(C(CNCc2cccc(-c3ccc(OC)nc3)c2)[C@@H](N)Cc2cc(F)cc(F)c2)c(C(=O)O)c([C@@H](CCc2cc(F)cc(F)c2)CNCc2cccc(-c3cnc(OC)nc3OC)c2)c1C(=O)N(CCC)CCC. The van der Waals surface area contributed by atoms with Gasteiger partial charge in [0.05, 0.1) is 60.5 Å². The lowest BCUT2D eigenvalue weighted by Crippen LogP contribution is -2.40. The van der Waals surface area contributed by atoms with E-state index >= 15 is 31.9 Å². The summed E-state index contributed by atoms with van der Waals surface area (Å²) >= 11 is 0. The van der Waals surface area contributed by atoms with Gasteiger partial charge in [-0.3, -0.25) is 9.59 Å². The third-order valence-corrected chi connectivity index (χ3v) is 17.2. The molecule has 0 fully saturated rings. The summed E-state index contributed by atoms with van der Waals surface area (Å²) in [6.07, 6.45) is 4.97. The average Bonchev–Trinajstić information content (AvgIpc) is 0.732. The summed E-state index contributed by atoms with van der Waals surface area (Å²) in [5.41, 5.74) is 11.8. The molecule has 22 heteroatoms. The van der Waals surface area contributed by atoms with Crippen LogP contribution in [-0.2, 0) is 25.9 Å². The molecule has 0 aliphatic heterocycles. The van der Waals surface area contributed by atoms with Crippen molar-refractivity contribution in [2.45, 2.75) is 117 Å². The van der Waals surface area contributed by atoms with Crippen molar-refractivity contribution < 1.29 is 61.2 Å². The van der Waals surface area contributed by atoms with Gasteiger partial charge in [0.2, 0.25) is 11.8 Å². The second-order valence-corrected chi connectivity index (χ2v) is 24.4. The lowest BCUT2D eigenvalue weighted by molar-refractivity contribution is 0.0683. The zero-order valence-corrected chi connectivity index (χ0v) is 57.0. The number of anilines is 2. The zero-order valence-electron chi connectivity index (χ0n) is 57.0. The number of carbonyl (C=O) groups excluding carboxylic acids is 2. The number of carboxylic acid groups (broad SMARTS) is 2. The number of nitrogens with zero attached hydrogens (tertiary/aromatic N) is 5. The largest absolute Gasteiger partial charge is 0.481 e. The second-order valence-electron chi connectivity index (χ2n) is 24.4. The zero-order chi connectivity index (χ0) is 70.7. The monoisotopic (exact) mass is 1350 g/mol. The van der Waals surface area contributed by atoms with Crippen LogP contribution in [0.4, 0.5) is 28.9 Å². The van der Waals surface area contributed by atoms with Gasteiger partial charge in [0.25, 0.3) is 11.8 Å². The summed E-state index contributed by atoms with van der Waals surface area (Å²) in [4.78, 5) is 77.3. The molecule has 0 radical (unpaired) electrons. The van der Waals surface area contributed by atoms with E-state index in [1.165, 1.54) is 39.5 Å². The molecule has 7 N–H and O–H groups in total. The van der Waals surface area contributed by atoms with Crippen LogP contribution in [0.5, 0.6) is 17.8 Å². The van der Waals surface area contributed by atoms with Crippen LogP contribution >= 0.6 is 0 Å². The van der Waals surface area contributed by atoms with E-state index in [0.29, 0.717) is 61.3 Å². The molecule has 2 heterocycles. The highest BCUT2D eigenvalue weighted by Gasteiger charge is 2.39. The number of amides is 2. The molecule has 0 bridgehead atoms. The van der Waals surface area contributed by atoms with E-state index in [-0.39, 0.29) is 132 Å². The Kier molecular flexibility index (Phi) is 26.4. The molecule has 98 heavy (non-hydrogen) atoms. The third kappa shape index (κ3) is 18.5. The van der Waals surface area contributed by atoms with Gasteiger partial charge < -0.3 is 55.9 Å². The van der Waals surface area contributed by atoms with Crippen LogP contribution in [0.2, 0.25) is 0 Å². The first kappa shape index (κ1) is 74.0. The van der Waals surface area contributed by atoms with Crippen LogP contribution in [0.15, 0.2) is 122 Å². The number of aryl methyl sites for hydroxylation is 2.